The van der Waals surface area contributed by atoms with Crippen LogP contribution in [-0.2, 0) is 4.79 Å². The molecule has 4 heteroatoms. The fourth-order valence-corrected chi connectivity index (χ4v) is 1.81. The van der Waals surface area contributed by atoms with Crippen molar-refractivity contribution in [2.24, 2.45) is 5.73 Å². The van der Waals surface area contributed by atoms with E-state index in [1.807, 2.05) is 11.8 Å². The van der Waals surface area contributed by atoms with Crippen LogP contribution >= 0.6 is 0 Å². The van der Waals surface area contributed by atoms with Crippen molar-refractivity contribution in [1.82, 2.24) is 9.80 Å². The highest BCUT2D eigenvalue weighted by Gasteiger charge is 2.17. The summed E-state index contributed by atoms with van der Waals surface area (Å²) in [7, 11) is 2.11. The molecule has 1 heterocycles. The van der Waals surface area contributed by atoms with Gasteiger partial charge in [-0.05, 0) is 33.4 Å². The third-order valence-corrected chi connectivity index (χ3v) is 2.89. The molecule has 1 aliphatic rings. The van der Waals surface area contributed by atoms with Gasteiger partial charge in [-0.15, -0.1) is 0 Å². The third-order valence-electron chi connectivity index (χ3n) is 2.89. The molecular weight excluding hydrogens is 190 g/mol. The van der Waals surface area contributed by atoms with Crippen LogP contribution in [0.3, 0.4) is 0 Å². The predicted molar refractivity (Wildman–Crippen MR) is 61.6 cm³/mol. The van der Waals surface area contributed by atoms with Crippen molar-refractivity contribution < 1.29 is 4.79 Å². The minimum Gasteiger partial charge on any atom is -0.341 e. The van der Waals surface area contributed by atoms with Crippen molar-refractivity contribution in [3.05, 3.63) is 0 Å². The highest BCUT2D eigenvalue weighted by molar-refractivity contribution is 5.76. The molecule has 88 valence electrons. The first kappa shape index (κ1) is 12.5. The SMILES string of the molecule is CC(N)CCC(=O)N1CCCN(C)CC1. The molecular formula is C11H23N3O. The first-order valence-corrected chi connectivity index (χ1v) is 5.81. The second-order valence-electron chi connectivity index (χ2n) is 4.55. The molecule has 0 aromatic carbocycles. The van der Waals surface area contributed by atoms with E-state index in [1.54, 1.807) is 0 Å². The summed E-state index contributed by atoms with van der Waals surface area (Å²) in [5, 5.41) is 0. The molecule has 0 bridgehead atoms. The zero-order valence-electron chi connectivity index (χ0n) is 9.91. The molecule has 1 fully saturated rings. The largest absolute Gasteiger partial charge is 0.341 e. The van der Waals surface area contributed by atoms with Crippen molar-refractivity contribution in [3.8, 4) is 0 Å². The van der Waals surface area contributed by atoms with E-state index in [0.717, 1.165) is 39.0 Å². The van der Waals surface area contributed by atoms with Crippen LogP contribution in [0.15, 0.2) is 0 Å². The Kier molecular flexibility index (Phi) is 5.05. The topological polar surface area (TPSA) is 49.6 Å². The minimum atomic E-state index is 0.128. The van der Waals surface area contributed by atoms with Crippen LogP contribution in [0.25, 0.3) is 0 Å². The maximum absolute atomic E-state index is 11.8. The lowest BCUT2D eigenvalue weighted by atomic mass is 10.2. The van der Waals surface area contributed by atoms with Crippen LogP contribution in [0.2, 0.25) is 0 Å². The van der Waals surface area contributed by atoms with Crippen molar-refractivity contribution in [1.29, 1.82) is 0 Å². The third kappa shape index (κ3) is 4.62. The maximum Gasteiger partial charge on any atom is 0.222 e. The number of hydrogen-bond acceptors (Lipinski definition) is 3. The van der Waals surface area contributed by atoms with Gasteiger partial charge in [0.25, 0.3) is 0 Å². The van der Waals surface area contributed by atoms with Crippen molar-refractivity contribution in [3.63, 3.8) is 0 Å². The number of nitrogens with two attached hydrogens (primary N) is 1. The van der Waals surface area contributed by atoms with Crippen molar-refractivity contribution in [2.75, 3.05) is 33.2 Å². The fraction of sp³-hybridized carbons (Fsp3) is 0.909. The molecule has 0 aromatic heterocycles. The average molecular weight is 213 g/mol. The quantitative estimate of drug-likeness (QED) is 0.732. The lowest BCUT2D eigenvalue weighted by Gasteiger charge is -2.20. The van der Waals surface area contributed by atoms with Gasteiger partial charge in [0.05, 0.1) is 0 Å². The molecule has 15 heavy (non-hydrogen) atoms. The maximum atomic E-state index is 11.8. The van der Waals surface area contributed by atoms with Gasteiger partial charge in [0, 0.05) is 32.1 Å². The molecule has 2 N–H and O–H groups in total. The lowest BCUT2D eigenvalue weighted by Crippen LogP contribution is -2.35. The Morgan fingerprint density at radius 1 is 1.33 bits per heavy atom. The molecule has 0 aromatic rings. The molecule has 1 unspecified atom stereocenters. The summed E-state index contributed by atoms with van der Waals surface area (Å²) in [5.41, 5.74) is 5.64. The predicted octanol–water partition coefficient (Wildman–Crippen LogP) is 0.278. The Morgan fingerprint density at radius 3 is 2.73 bits per heavy atom. The van der Waals surface area contributed by atoms with E-state index in [0.29, 0.717) is 6.42 Å². The number of nitrogens with zero attached hydrogens (tertiary/aromatic N) is 2. The minimum absolute atomic E-state index is 0.128. The highest BCUT2D eigenvalue weighted by Crippen LogP contribution is 2.05. The van der Waals surface area contributed by atoms with Gasteiger partial charge in [0.1, 0.15) is 0 Å². The van der Waals surface area contributed by atoms with E-state index >= 15 is 0 Å². The number of hydrogen-bond donors (Lipinski definition) is 1. The van der Waals surface area contributed by atoms with Gasteiger partial charge in [-0.25, -0.2) is 0 Å². The summed E-state index contributed by atoms with van der Waals surface area (Å²) in [4.78, 5) is 16.1. The number of carbonyl (C=O) groups excluding carboxylic acids is 1. The van der Waals surface area contributed by atoms with Gasteiger partial charge in [0.15, 0.2) is 0 Å². The van der Waals surface area contributed by atoms with E-state index in [2.05, 4.69) is 11.9 Å². The Hall–Kier alpha value is -0.610. The molecule has 1 rings (SSSR count). The highest BCUT2D eigenvalue weighted by atomic mass is 16.2. The molecule has 4 nitrogen and oxygen atoms in total. The summed E-state index contributed by atoms with van der Waals surface area (Å²) in [6, 6.07) is 0.128. The van der Waals surface area contributed by atoms with E-state index in [4.69, 9.17) is 5.73 Å². The molecule has 0 aliphatic carbocycles. The van der Waals surface area contributed by atoms with Crippen LogP contribution < -0.4 is 5.73 Å². The van der Waals surface area contributed by atoms with Crippen molar-refractivity contribution in [2.45, 2.75) is 32.2 Å². The second-order valence-corrected chi connectivity index (χ2v) is 4.55. The Bertz CT molecular complexity index is 206. The second kappa shape index (κ2) is 6.08. The Morgan fingerprint density at radius 2 is 2.07 bits per heavy atom. The summed E-state index contributed by atoms with van der Waals surface area (Å²) in [5.74, 6) is 0.266. The van der Waals surface area contributed by atoms with Crippen LogP contribution in [0.1, 0.15) is 26.2 Å². The van der Waals surface area contributed by atoms with E-state index in [-0.39, 0.29) is 11.9 Å². The standard InChI is InChI=1S/C11H23N3O/c1-10(12)4-5-11(15)14-7-3-6-13(2)8-9-14/h10H,3-9,12H2,1-2H3. The zero-order valence-corrected chi connectivity index (χ0v) is 9.91. The first-order chi connectivity index (χ1) is 7.09. The number of carbonyl (C=O) groups is 1. The Balaban J connectivity index is 2.31. The fourth-order valence-electron chi connectivity index (χ4n) is 1.81. The average Bonchev–Trinajstić information content (AvgIpc) is 2.39. The molecule has 0 radical (unpaired) electrons. The van der Waals surface area contributed by atoms with Crippen LogP contribution in [0.4, 0.5) is 0 Å². The van der Waals surface area contributed by atoms with Crippen molar-refractivity contribution >= 4 is 5.91 Å². The molecule has 1 aliphatic heterocycles. The summed E-state index contributed by atoms with van der Waals surface area (Å²) < 4.78 is 0. The lowest BCUT2D eigenvalue weighted by molar-refractivity contribution is -0.131. The van der Waals surface area contributed by atoms with E-state index < -0.39 is 0 Å². The van der Waals surface area contributed by atoms with Gasteiger partial charge in [-0.3, -0.25) is 4.79 Å². The smallest absolute Gasteiger partial charge is 0.222 e. The Labute approximate surface area is 92.4 Å². The van der Waals surface area contributed by atoms with Gasteiger partial charge in [0.2, 0.25) is 5.91 Å². The van der Waals surface area contributed by atoms with E-state index in [1.165, 1.54) is 0 Å². The van der Waals surface area contributed by atoms with Gasteiger partial charge in [-0.2, -0.15) is 0 Å². The summed E-state index contributed by atoms with van der Waals surface area (Å²) in [6.45, 7) is 5.81. The number of rotatable bonds is 3. The first-order valence-electron chi connectivity index (χ1n) is 5.81. The molecule has 1 amide bonds. The molecule has 0 spiro atoms. The zero-order chi connectivity index (χ0) is 11.3. The molecule has 1 saturated heterocycles. The van der Waals surface area contributed by atoms with Gasteiger partial charge < -0.3 is 15.5 Å². The number of likely N-dealkylation sites (N-methyl/N-ethyl adjacent to an activating group) is 1. The van der Waals surface area contributed by atoms with Crippen LogP contribution in [-0.4, -0.2) is 55.0 Å². The van der Waals surface area contributed by atoms with E-state index in [9.17, 15) is 4.79 Å². The summed E-state index contributed by atoms with van der Waals surface area (Å²) >= 11 is 0. The normalized spacial score (nSPS) is 21.1. The molecule has 0 saturated carbocycles. The molecule has 1 atom stereocenters. The number of amides is 1. The van der Waals surface area contributed by atoms with Gasteiger partial charge >= 0.3 is 0 Å². The van der Waals surface area contributed by atoms with Gasteiger partial charge in [-0.1, -0.05) is 0 Å². The van der Waals surface area contributed by atoms with Crippen LogP contribution in [0.5, 0.6) is 0 Å². The summed E-state index contributed by atoms with van der Waals surface area (Å²) in [6.07, 6.45) is 2.48. The van der Waals surface area contributed by atoms with Crippen LogP contribution in [0, 0.1) is 0 Å². The monoisotopic (exact) mass is 213 g/mol.